The van der Waals surface area contributed by atoms with Crippen molar-refractivity contribution in [2.45, 2.75) is 117 Å². The Morgan fingerprint density at radius 3 is 1.46 bits per heavy atom. The summed E-state index contributed by atoms with van der Waals surface area (Å²) in [7, 11) is 0. The average molecular weight is 905 g/mol. The van der Waals surface area contributed by atoms with Crippen molar-refractivity contribution in [3.8, 4) is 11.1 Å². The number of benzene rings is 4. The molecule has 6 rings (SSSR count). The van der Waals surface area contributed by atoms with Gasteiger partial charge >= 0.3 is 137 Å². The molecule has 0 saturated heterocycles. The zero-order chi connectivity index (χ0) is 41.1. The standard InChI is InChI=1S/C21H25.C15H8F6.C12H19.2ClH.Zr/c1-20(2,3)16-7-9-18-14(12-16)11-15-13-17(21(4,5)6)8-10-19(15)18;16-14(17,18)12-5-1-10(2-6-12)9-11-3-7-13(8-4-11)15(19,20)21;1-5-6-10-7-8-11(9-10)12(2,3)4;;;/h7-10,12H,11H2,1-6H3;1-8H;7-9H,5-6H2,1-4H3;2*1H;/q-1;;-1;;;+2/p-2. The van der Waals surface area contributed by atoms with Gasteiger partial charge in [0.2, 0.25) is 0 Å². The van der Waals surface area contributed by atoms with Crippen molar-refractivity contribution in [1.82, 2.24) is 0 Å². The van der Waals surface area contributed by atoms with Crippen molar-refractivity contribution in [2.24, 2.45) is 0 Å². The third-order valence-electron chi connectivity index (χ3n) is 9.69. The van der Waals surface area contributed by atoms with Crippen LogP contribution in [0.5, 0.6) is 0 Å². The van der Waals surface area contributed by atoms with Crippen molar-refractivity contribution < 1.29 is 75.4 Å². The van der Waals surface area contributed by atoms with Crippen LogP contribution in [0.1, 0.15) is 131 Å². The van der Waals surface area contributed by atoms with Gasteiger partial charge in [0.1, 0.15) is 0 Å². The zero-order valence-electron chi connectivity index (χ0n) is 34.4. The van der Waals surface area contributed by atoms with Gasteiger partial charge in [-0.05, 0) is 28.4 Å². The number of aryl methyl sites for hydroxylation is 1. The summed E-state index contributed by atoms with van der Waals surface area (Å²) in [6.45, 7) is 22.6. The van der Waals surface area contributed by atoms with E-state index in [1.807, 2.05) is 0 Å². The second kappa shape index (κ2) is 19.5. The average Bonchev–Trinajstić information content (AvgIpc) is 3.72. The molecule has 5 aromatic rings. The first-order valence-corrected chi connectivity index (χ1v) is 19.9. The van der Waals surface area contributed by atoms with Crippen LogP contribution in [0, 0.1) is 6.07 Å². The molecule has 1 aliphatic carbocycles. The molecule has 0 fully saturated rings. The Morgan fingerprint density at radius 1 is 0.596 bits per heavy atom. The molecule has 0 aromatic heterocycles. The Labute approximate surface area is 363 Å². The van der Waals surface area contributed by atoms with Gasteiger partial charge in [-0.15, -0.1) is 11.1 Å². The van der Waals surface area contributed by atoms with Crippen LogP contribution >= 0.6 is 0 Å². The summed E-state index contributed by atoms with van der Waals surface area (Å²) < 4.78 is 75.6. The second-order valence-electron chi connectivity index (χ2n) is 17.3. The smallest absolute Gasteiger partial charge is 1.00 e. The Bertz CT molecular complexity index is 1950. The second-order valence-corrected chi connectivity index (χ2v) is 18.6. The van der Waals surface area contributed by atoms with Gasteiger partial charge in [0.15, 0.2) is 0 Å². The Balaban J connectivity index is 0.000000302. The molecule has 0 unspecified atom stereocenters. The van der Waals surface area contributed by atoms with Gasteiger partial charge in [-0.1, -0.05) is 111 Å². The van der Waals surface area contributed by atoms with Gasteiger partial charge in [0.25, 0.3) is 0 Å². The van der Waals surface area contributed by atoms with Crippen molar-refractivity contribution in [2.75, 3.05) is 0 Å². The maximum Gasteiger partial charge on any atom is -1.00 e. The quantitative estimate of drug-likeness (QED) is 0.124. The van der Waals surface area contributed by atoms with Crippen molar-refractivity contribution in [1.29, 1.82) is 0 Å². The molecule has 0 amide bonds. The first-order valence-electron chi connectivity index (χ1n) is 18.7. The van der Waals surface area contributed by atoms with E-state index in [1.54, 1.807) is 0 Å². The van der Waals surface area contributed by atoms with Crippen LogP contribution in [0.3, 0.4) is 0 Å². The summed E-state index contributed by atoms with van der Waals surface area (Å²) in [5, 5.41) is 0. The van der Waals surface area contributed by atoms with Crippen molar-refractivity contribution in [3.63, 3.8) is 0 Å². The summed E-state index contributed by atoms with van der Waals surface area (Å²) in [5.74, 6) is 0. The van der Waals surface area contributed by atoms with Gasteiger partial charge < -0.3 is 24.8 Å². The summed E-state index contributed by atoms with van der Waals surface area (Å²) in [6.07, 6.45) is -5.33. The first-order chi connectivity index (χ1) is 25.3. The van der Waals surface area contributed by atoms with Crippen LogP contribution in [-0.4, -0.2) is 3.21 Å². The molecule has 5 aromatic carbocycles. The van der Waals surface area contributed by atoms with Gasteiger partial charge in [-0.25, -0.2) is 6.07 Å². The van der Waals surface area contributed by atoms with Crippen LogP contribution in [0.4, 0.5) is 26.3 Å². The predicted octanol–water partition coefficient (Wildman–Crippen LogP) is 8.16. The van der Waals surface area contributed by atoms with E-state index in [9.17, 15) is 26.3 Å². The molecule has 0 aliphatic heterocycles. The van der Waals surface area contributed by atoms with Crippen LogP contribution < -0.4 is 24.8 Å². The largest absolute Gasteiger partial charge is 1.00 e. The number of halogens is 8. The fraction of sp³-hybridized carbons (Fsp3) is 0.375. The van der Waals surface area contributed by atoms with E-state index in [2.05, 4.69) is 124 Å². The molecule has 0 bridgehead atoms. The topological polar surface area (TPSA) is 0 Å². The van der Waals surface area contributed by atoms with Crippen LogP contribution in [0.25, 0.3) is 11.1 Å². The number of rotatable bonds is 4. The van der Waals surface area contributed by atoms with E-state index in [0.29, 0.717) is 19.7 Å². The van der Waals surface area contributed by atoms with Crippen molar-refractivity contribution >= 4 is 3.21 Å². The number of hydrogen-bond donors (Lipinski definition) is 0. The summed E-state index contributed by atoms with van der Waals surface area (Å²) >= 11 is 0.898. The van der Waals surface area contributed by atoms with Crippen LogP contribution in [0.2, 0.25) is 0 Å². The Morgan fingerprint density at radius 2 is 1.05 bits per heavy atom. The maximum absolute atomic E-state index is 12.5. The van der Waals surface area contributed by atoms with E-state index in [1.165, 1.54) is 81.6 Å². The van der Waals surface area contributed by atoms with E-state index in [4.69, 9.17) is 0 Å². The fourth-order valence-corrected chi connectivity index (χ4v) is 7.07. The minimum atomic E-state index is -4.41. The monoisotopic (exact) mass is 902 g/mol. The molecule has 0 radical (unpaired) electrons. The zero-order valence-corrected chi connectivity index (χ0v) is 38.4. The molecule has 0 saturated carbocycles. The summed E-state index contributed by atoms with van der Waals surface area (Å²) in [6, 6.07) is 31.2. The molecular weight excluding hydrogens is 853 g/mol. The molecule has 306 valence electrons. The summed E-state index contributed by atoms with van der Waals surface area (Å²) in [4.78, 5) is 0. The van der Waals surface area contributed by atoms with Crippen LogP contribution in [-0.2, 0) is 65.7 Å². The summed E-state index contributed by atoms with van der Waals surface area (Å²) in [5.41, 5.74) is 11.6. The third kappa shape index (κ3) is 13.6. The molecule has 57 heavy (non-hydrogen) atoms. The van der Waals surface area contributed by atoms with E-state index in [-0.39, 0.29) is 35.6 Å². The number of alkyl halides is 6. The van der Waals surface area contributed by atoms with Gasteiger partial charge in [-0.3, -0.25) is 0 Å². The molecule has 0 spiro atoms. The molecule has 0 atom stereocenters. The van der Waals surface area contributed by atoms with E-state index >= 15 is 0 Å². The minimum Gasteiger partial charge on any atom is -1.00 e. The van der Waals surface area contributed by atoms with Crippen molar-refractivity contribution in [3.05, 3.63) is 159 Å². The normalized spacial score (nSPS) is 12.5. The molecule has 0 heterocycles. The number of fused-ring (bicyclic) bond motifs is 3. The first kappa shape index (κ1) is 50.3. The van der Waals surface area contributed by atoms with Gasteiger partial charge in [-0.2, -0.15) is 47.0 Å². The van der Waals surface area contributed by atoms with Gasteiger partial charge in [0, 0.05) is 0 Å². The molecule has 0 N–H and O–H groups in total. The molecule has 1 aliphatic rings. The Kier molecular flexibility index (Phi) is 17.2. The maximum atomic E-state index is 12.5. The molecule has 0 nitrogen and oxygen atoms in total. The van der Waals surface area contributed by atoms with E-state index in [0.717, 1.165) is 54.9 Å². The third-order valence-corrected chi connectivity index (χ3v) is 11.1. The molecular formula is C48H52Cl2F6Zr-2. The SMILES string of the molecule is CC(C)(C)c1[c-]c2c(cc1)-c1ccc(C(C)(C)C)cc1C2.CCCc1cc(C(C)(C)C)c[cH-]1.FC(F)(F)c1ccc([C](=[Zr+2])c2ccc(C(F)(F)F)cc2)cc1.[Cl-].[Cl-]. The van der Waals surface area contributed by atoms with Gasteiger partial charge in [0.05, 0.1) is 0 Å². The van der Waals surface area contributed by atoms with E-state index < -0.39 is 23.5 Å². The fourth-order valence-electron chi connectivity index (χ4n) is 6.25. The van der Waals surface area contributed by atoms with Crippen LogP contribution in [0.15, 0.2) is 97.1 Å². The minimum absolute atomic E-state index is 0. The predicted molar refractivity (Wildman–Crippen MR) is 212 cm³/mol. The molecule has 9 heteroatoms. The number of hydrogen-bond acceptors (Lipinski definition) is 0. The Hall–Kier alpha value is -2.86.